The fourth-order valence-corrected chi connectivity index (χ4v) is 5.14. The molecule has 0 N–H and O–H groups in total. The van der Waals surface area contributed by atoms with Gasteiger partial charge in [-0.2, -0.15) is 0 Å². The van der Waals surface area contributed by atoms with Gasteiger partial charge in [0.2, 0.25) is 10.0 Å². The van der Waals surface area contributed by atoms with Gasteiger partial charge >= 0.3 is 0 Å². The average molecular weight is 492 g/mol. The lowest BCUT2D eigenvalue weighted by Gasteiger charge is -2.12. The number of aryl methyl sites for hydroxylation is 2. The van der Waals surface area contributed by atoms with Crippen molar-refractivity contribution in [3.8, 4) is 0 Å². The molecule has 0 bridgehead atoms. The van der Waals surface area contributed by atoms with Crippen LogP contribution in [0.4, 0.5) is 0 Å². The SMILES string of the molecule is Cc1c(I)c(C)c2c3cc(Br)ccc3n(S(C)(=O)=O)c2c1C. The first-order chi connectivity index (χ1) is 10.1. The summed E-state index contributed by atoms with van der Waals surface area (Å²) in [6, 6.07) is 5.74. The highest BCUT2D eigenvalue weighted by Gasteiger charge is 2.23. The van der Waals surface area contributed by atoms with Crippen LogP contribution in [-0.4, -0.2) is 18.6 Å². The predicted octanol–water partition coefficient (Wildman–Crippen LogP) is 4.89. The Kier molecular flexibility index (Phi) is 3.85. The van der Waals surface area contributed by atoms with Crippen LogP contribution in [0.3, 0.4) is 0 Å². The van der Waals surface area contributed by atoms with Gasteiger partial charge in [0, 0.05) is 18.8 Å². The van der Waals surface area contributed by atoms with Crippen LogP contribution in [0.25, 0.3) is 21.8 Å². The van der Waals surface area contributed by atoms with Crippen LogP contribution in [-0.2, 0) is 10.0 Å². The molecule has 3 aromatic rings. The maximum Gasteiger partial charge on any atom is 0.236 e. The maximum atomic E-state index is 12.4. The molecule has 1 aromatic heterocycles. The van der Waals surface area contributed by atoms with E-state index in [2.05, 4.69) is 45.4 Å². The van der Waals surface area contributed by atoms with E-state index in [1.807, 2.05) is 32.0 Å². The molecule has 0 aliphatic carbocycles. The van der Waals surface area contributed by atoms with Crippen LogP contribution in [0.2, 0.25) is 0 Å². The van der Waals surface area contributed by atoms with E-state index in [4.69, 9.17) is 0 Å². The van der Waals surface area contributed by atoms with Gasteiger partial charge in [-0.15, -0.1) is 0 Å². The first-order valence-corrected chi connectivity index (χ1v) is 10.5. The van der Waals surface area contributed by atoms with E-state index in [9.17, 15) is 8.42 Å². The van der Waals surface area contributed by atoms with Gasteiger partial charge in [0.15, 0.2) is 0 Å². The maximum absolute atomic E-state index is 12.4. The molecule has 0 unspecified atom stereocenters. The van der Waals surface area contributed by atoms with Gasteiger partial charge in [-0.05, 0) is 78.3 Å². The topological polar surface area (TPSA) is 39.1 Å². The van der Waals surface area contributed by atoms with Gasteiger partial charge in [-0.3, -0.25) is 0 Å². The number of aromatic nitrogens is 1. The summed E-state index contributed by atoms with van der Waals surface area (Å²) in [7, 11) is -3.40. The van der Waals surface area contributed by atoms with Crippen molar-refractivity contribution in [2.45, 2.75) is 20.8 Å². The Balaban J connectivity index is 2.80. The zero-order valence-electron chi connectivity index (χ0n) is 12.7. The van der Waals surface area contributed by atoms with Crippen LogP contribution in [0.5, 0.6) is 0 Å². The molecule has 3 rings (SSSR count). The molecule has 0 saturated carbocycles. The van der Waals surface area contributed by atoms with E-state index in [0.717, 1.165) is 43.0 Å². The molecule has 0 atom stereocenters. The summed E-state index contributed by atoms with van der Waals surface area (Å²) in [5.74, 6) is 0. The highest BCUT2D eigenvalue weighted by molar-refractivity contribution is 14.1. The minimum atomic E-state index is -3.40. The third kappa shape index (κ3) is 2.22. The number of benzene rings is 2. The molecule has 22 heavy (non-hydrogen) atoms. The highest BCUT2D eigenvalue weighted by Crippen LogP contribution is 2.39. The summed E-state index contributed by atoms with van der Waals surface area (Å²) in [5, 5.41) is 1.99. The first kappa shape index (κ1) is 16.3. The molecule has 6 heteroatoms. The number of hydrogen-bond acceptors (Lipinski definition) is 2. The van der Waals surface area contributed by atoms with Gasteiger partial charge in [0.1, 0.15) is 0 Å². The summed E-state index contributed by atoms with van der Waals surface area (Å²) < 4.78 is 28.4. The van der Waals surface area contributed by atoms with E-state index < -0.39 is 10.0 Å². The second-order valence-electron chi connectivity index (χ2n) is 5.60. The van der Waals surface area contributed by atoms with Gasteiger partial charge in [0.25, 0.3) is 0 Å². The molecule has 0 radical (unpaired) electrons. The minimum absolute atomic E-state index is 0.730. The Labute approximate surface area is 152 Å². The van der Waals surface area contributed by atoms with Crippen molar-refractivity contribution in [1.82, 2.24) is 3.97 Å². The number of hydrogen-bond donors (Lipinski definition) is 0. The van der Waals surface area contributed by atoms with E-state index in [1.165, 1.54) is 13.8 Å². The van der Waals surface area contributed by atoms with Crippen molar-refractivity contribution < 1.29 is 8.42 Å². The van der Waals surface area contributed by atoms with Crippen LogP contribution in [0.1, 0.15) is 16.7 Å². The monoisotopic (exact) mass is 491 g/mol. The van der Waals surface area contributed by atoms with Crippen molar-refractivity contribution in [3.63, 3.8) is 0 Å². The fraction of sp³-hybridized carbons (Fsp3) is 0.250. The van der Waals surface area contributed by atoms with Crippen molar-refractivity contribution in [2.24, 2.45) is 0 Å². The minimum Gasteiger partial charge on any atom is -0.237 e. The molecule has 0 fully saturated rings. The summed E-state index contributed by atoms with van der Waals surface area (Å²) in [6.07, 6.45) is 1.26. The third-order valence-electron chi connectivity index (χ3n) is 4.17. The summed E-state index contributed by atoms with van der Waals surface area (Å²) in [5.41, 5.74) is 4.81. The van der Waals surface area contributed by atoms with E-state index in [1.54, 1.807) is 0 Å². The molecule has 0 aliphatic rings. The second kappa shape index (κ2) is 5.21. The Morgan fingerprint density at radius 3 is 2.32 bits per heavy atom. The number of halogens is 2. The first-order valence-electron chi connectivity index (χ1n) is 6.74. The molecule has 2 aromatic carbocycles. The van der Waals surface area contributed by atoms with Gasteiger partial charge in [-0.25, -0.2) is 12.4 Å². The quantitative estimate of drug-likeness (QED) is 0.454. The molecular formula is C16H15BrINO2S. The van der Waals surface area contributed by atoms with E-state index >= 15 is 0 Å². The standard InChI is InChI=1S/C16H15BrINO2S/c1-8-9(2)16-14(10(3)15(8)18)12-7-11(17)5-6-13(12)19(16)22(4,20)21/h5-7H,1-4H3. The number of rotatable bonds is 1. The molecule has 0 aliphatic heterocycles. The van der Waals surface area contributed by atoms with Crippen molar-refractivity contribution in [1.29, 1.82) is 0 Å². The largest absolute Gasteiger partial charge is 0.237 e. The van der Waals surface area contributed by atoms with Crippen molar-refractivity contribution >= 4 is 70.3 Å². The van der Waals surface area contributed by atoms with Crippen LogP contribution in [0, 0.1) is 24.3 Å². The Morgan fingerprint density at radius 2 is 1.73 bits per heavy atom. The second-order valence-corrected chi connectivity index (χ2v) is 9.43. The third-order valence-corrected chi connectivity index (χ3v) is 7.32. The fourth-order valence-electron chi connectivity index (χ4n) is 3.03. The molecule has 116 valence electrons. The Bertz CT molecular complexity index is 1050. The lowest BCUT2D eigenvalue weighted by molar-refractivity contribution is 0.596. The van der Waals surface area contributed by atoms with Gasteiger partial charge in [-0.1, -0.05) is 15.9 Å². The predicted molar refractivity (Wildman–Crippen MR) is 104 cm³/mol. The number of fused-ring (bicyclic) bond motifs is 3. The number of nitrogens with zero attached hydrogens (tertiary/aromatic N) is 1. The van der Waals surface area contributed by atoms with Crippen LogP contribution >= 0.6 is 38.5 Å². The van der Waals surface area contributed by atoms with Crippen LogP contribution < -0.4 is 0 Å². The smallest absolute Gasteiger partial charge is 0.236 e. The lowest BCUT2D eigenvalue weighted by Crippen LogP contribution is -2.10. The normalized spacial score (nSPS) is 12.5. The molecule has 0 amide bonds. The van der Waals surface area contributed by atoms with Crippen molar-refractivity contribution in [3.05, 3.63) is 42.9 Å². The van der Waals surface area contributed by atoms with Crippen molar-refractivity contribution in [2.75, 3.05) is 6.26 Å². The lowest BCUT2D eigenvalue weighted by atomic mass is 10.0. The van der Waals surface area contributed by atoms with E-state index in [-0.39, 0.29) is 0 Å². The van der Waals surface area contributed by atoms with Crippen LogP contribution in [0.15, 0.2) is 22.7 Å². The van der Waals surface area contributed by atoms with E-state index in [0.29, 0.717) is 0 Å². The molecular weight excluding hydrogens is 477 g/mol. The zero-order chi connectivity index (χ0) is 16.4. The molecule has 0 saturated heterocycles. The molecule has 1 heterocycles. The summed E-state index contributed by atoms with van der Waals surface area (Å²) >= 11 is 5.84. The molecule has 3 nitrogen and oxygen atoms in total. The zero-order valence-corrected chi connectivity index (χ0v) is 17.2. The Hall–Kier alpha value is -0.600. The highest BCUT2D eigenvalue weighted by atomic mass is 127. The molecule has 0 spiro atoms. The summed E-state index contributed by atoms with van der Waals surface area (Å²) in [6.45, 7) is 6.10. The van der Waals surface area contributed by atoms with Gasteiger partial charge < -0.3 is 0 Å². The average Bonchev–Trinajstić information content (AvgIpc) is 2.77. The summed E-state index contributed by atoms with van der Waals surface area (Å²) in [4.78, 5) is 0. The van der Waals surface area contributed by atoms with Gasteiger partial charge in [0.05, 0.1) is 17.3 Å². The Morgan fingerprint density at radius 1 is 1.09 bits per heavy atom.